The molecule has 0 spiro atoms. The van der Waals surface area contributed by atoms with E-state index >= 15 is 0 Å². The minimum Gasteiger partial charge on any atom is -0.342 e. The van der Waals surface area contributed by atoms with Crippen molar-refractivity contribution < 1.29 is 4.39 Å². The normalized spacial score (nSPS) is 28.4. The largest absolute Gasteiger partial charge is 0.342 e. The molecule has 1 aliphatic heterocycles. The van der Waals surface area contributed by atoms with E-state index in [-0.39, 0.29) is 5.82 Å². The molecule has 1 aromatic heterocycles. The Morgan fingerprint density at radius 3 is 2.77 bits per heavy atom. The summed E-state index contributed by atoms with van der Waals surface area (Å²) in [6.07, 6.45) is 3.94. The first-order valence-corrected chi connectivity index (χ1v) is 14.8. The van der Waals surface area contributed by atoms with Crippen LogP contribution in [-0.4, -0.2) is 52.5 Å². The number of anilines is 1. The van der Waals surface area contributed by atoms with Crippen LogP contribution in [0.2, 0.25) is 5.02 Å². The molecule has 6 nitrogen and oxygen atoms in total. The van der Waals surface area contributed by atoms with E-state index in [1.165, 1.54) is 25.0 Å². The Labute approximate surface area is 235 Å². The monoisotopic (exact) mass is 550 g/mol. The number of nitrogens with one attached hydrogen (secondary N) is 3. The molecule has 2 bridgehead atoms. The van der Waals surface area contributed by atoms with Crippen molar-refractivity contribution in [1.82, 2.24) is 20.2 Å². The Kier molecular flexibility index (Phi) is 7.09. The fourth-order valence-electron chi connectivity index (χ4n) is 7.13. The number of piperazine rings is 1. The van der Waals surface area contributed by atoms with E-state index in [1.807, 2.05) is 0 Å². The molecule has 8 heteroatoms. The van der Waals surface area contributed by atoms with Gasteiger partial charge in [-0.25, -0.2) is 14.4 Å². The standard InChI is InChI=1S/C31H40ClFN6/c1-18-17-39(12-11-34-18)30(38-27-14-21-13-24(19(27)2)31(21,3)4)35-23-8-9-26-28(16-23)37-29(36-26)10-6-20-5-7-22(33)15-25(20)32/h5,7-9,15-16,18-19,21,24,27,34H,6,10-14,17H2,1-4H3,(H,35,38)(H,36,37)/t18-,19-,21+,24-,27-/m0/s1. The maximum absolute atomic E-state index is 13.4. The first-order chi connectivity index (χ1) is 18.7. The van der Waals surface area contributed by atoms with Crippen molar-refractivity contribution in [2.45, 2.75) is 65.5 Å². The van der Waals surface area contributed by atoms with Gasteiger partial charge in [-0.2, -0.15) is 0 Å². The number of nitrogens with zero attached hydrogens (tertiary/aromatic N) is 3. The highest BCUT2D eigenvalue weighted by Gasteiger charge is 2.56. The van der Waals surface area contributed by atoms with Gasteiger partial charge in [-0.05, 0) is 85.3 Å². The van der Waals surface area contributed by atoms with Crippen LogP contribution in [0, 0.1) is 29.0 Å². The van der Waals surface area contributed by atoms with E-state index in [4.69, 9.17) is 21.6 Å². The molecule has 5 atom stereocenters. The van der Waals surface area contributed by atoms with E-state index < -0.39 is 0 Å². The molecule has 3 aliphatic carbocycles. The number of fused-ring (bicyclic) bond motifs is 3. The fourth-order valence-corrected chi connectivity index (χ4v) is 7.39. The third-order valence-electron chi connectivity index (χ3n) is 9.70. The van der Waals surface area contributed by atoms with Crippen molar-refractivity contribution in [3.05, 3.63) is 58.6 Å². The number of rotatable bonds is 5. The number of guanidine groups is 1. The quantitative estimate of drug-likeness (QED) is 0.258. The van der Waals surface area contributed by atoms with Crippen LogP contribution in [0.25, 0.3) is 11.0 Å². The molecule has 39 heavy (non-hydrogen) atoms. The SMILES string of the molecule is C[C@@H]1[C@@H](N=C(Nc2ccc3nc(CCc4ccc(F)cc4Cl)[nH]c3c2)N2CCN[C@@H](C)C2)C[C@H]2C[C@@H]1C2(C)C. The average molecular weight is 551 g/mol. The van der Waals surface area contributed by atoms with Gasteiger partial charge in [-0.15, -0.1) is 0 Å². The van der Waals surface area contributed by atoms with E-state index in [9.17, 15) is 4.39 Å². The summed E-state index contributed by atoms with van der Waals surface area (Å²) in [6.45, 7) is 12.4. The predicted octanol–water partition coefficient (Wildman–Crippen LogP) is 6.27. The number of aromatic nitrogens is 2. The lowest BCUT2D eigenvalue weighted by molar-refractivity contribution is -0.108. The maximum atomic E-state index is 13.4. The number of hydrogen-bond donors (Lipinski definition) is 3. The fraction of sp³-hybridized carbons (Fsp3) is 0.548. The van der Waals surface area contributed by atoms with Crippen LogP contribution >= 0.6 is 11.6 Å². The zero-order valence-corrected chi connectivity index (χ0v) is 24.2. The maximum Gasteiger partial charge on any atom is 0.198 e. The molecule has 1 saturated heterocycles. The van der Waals surface area contributed by atoms with Crippen molar-refractivity contribution >= 4 is 34.3 Å². The van der Waals surface area contributed by atoms with Gasteiger partial charge >= 0.3 is 0 Å². The van der Waals surface area contributed by atoms with Gasteiger partial charge in [-0.3, -0.25) is 0 Å². The summed E-state index contributed by atoms with van der Waals surface area (Å²) >= 11 is 6.22. The highest BCUT2D eigenvalue weighted by atomic mass is 35.5. The highest BCUT2D eigenvalue weighted by Crippen LogP contribution is 2.61. The first-order valence-electron chi connectivity index (χ1n) is 14.4. The molecule has 4 fully saturated rings. The third kappa shape index (κ3) is 5.28. The Morgan fingerprint density at radius 2 is 2.03 bits per heavy atom. The van der Waals surface area contributed by atoms with Gasteiger partial charge in [0.15, 0.2) is 5.96 Å². The predicted molar refractivity (Wildman–Crippen MR) is 158 cm³/mol. The molecule has 4 aliphatic rings. The molecule has 2 aromatic carbocycles. The molecule has 3 N–H and O–H groups in total. The molecule has 3 aromatic rings. The topological polar surface area (TPSA) is 68.3 Å². The number of aryl methyl sites for hydroxylation is 2. The van der Waals surface area contributed by atoms with Crippen LogP contribution in [0.1, 0.15) is 51.9 Å². The van der Waals surface area contributed by atoms with Crippen molar-refractivity contribution in [3.8, 4) is 0 Å². The molecule has 0 amide bonds. The van der Waals surface area contributed by atoms with Crippen LogP contribution in [0.3, 0.4) is 0 Å². The van der Waals surface area contributed by atoms with E-state index in [1.54, 1.807) is 6.07 Å². The summed E-state index contributed by atoms with van der Waals surface area (Å²) in [5.41, 5.74) is 4.30. The van der Waals surface area contributed by atoms with Gasteiger partial charge in [0.1, 0.15) is 11.6 Å². The molecule has 0 radical (unpaired) electrons. The molecular formula is C31H40ClFN6. The minimum absolute atomic E-state index is 0.315. The van der Waals surface area contributed by atoms with Crippen LogP contribution in [-0.2, 0) is 12.8 Å². The van der Waals surface area contributed by atoms with Crippen molar-refractivity contribution in [2.24, 2.45) is 28.2 Å². The van der Waals surface area contributed by atoms with Crippen LogP contribution in [0.5, 0.6) is 0 Å². The number of aliphatic imine (C=N–C) groups is 1. The Bertz CT molecular complexity index is 1380. The van der Waals surface area contributed by atoms with Gasteiger partial charge < -0.3 is 20.5 Å². The number of hydrogen-bond acceptors (Lipinski definition) is 3. The summed E-state index contributed by atoms with van der Waals surface area (Å²) in [5.74, 6) is 3.70. The molecule has 3 saturated carbocycles. The molecule has 2 heterocycles. The molecule has 0 unspecified atom stereocenters. The smallest absolute Gasteiger partial charge is 0.198 e. The number of H-pyrrole nitrogens is 1. The second-order valence-corrected chi connectivity index (χ2v) is 13.0. The lowest BCUT2D eigenvalue weighted by Crippen LogP contribution is -2.57. The van der Waals surface area contributed by atoms with E-state index in [0.717, 1.165) is 65.5 Å². The van der Waals surface area contributed by atoms with E-state index in [2.05, 4.69) is 66.4 Å². The van der Waals surface area contributed by atoms with Gasteiger partial charge in [-0.1, -0.05) is 38.4 Å². The van der Waals surface area contributed by atoms with Crippen LogP contribution in [0.4, 0.5) is 10.1 Å². The second-order valence-electron chi connectivity index (χ2n) is 12.6. The summed E-state index contributed by atoms with van der Waals surface area (Å²) < 4.78 is 13.4. The van der Waals surface area contributed by atoms with Crippen LogP contribution in [0.15, 0.2) is 41.4 Å². The average Bonchev–Trinajstić information content (AvgIpc) is 3.30. The van der Waals surface area contributed by atoms with E-state index in [0.29, 0.717) is 41.3 Å². The molecule has 208 valence electrons. The summed E-state index contributed by atoms with van der Waals surface area (Å²) in [5, 5.41) is 7.73. The molecule has 7 rings (SSSR count). The van der Waals surface area contributed by atoms with Crippen molar-refractivity contribution in [3.63, 3.8) is 0 Å². The first kappa shape index (κ1) is 26.6. The minimum atomic E-state index is -0.315. The van der Waals surface area contributed by atoms with Gasteiger partial charge in [0.05, 0.1) is 17.1 Å². The summed E-state index contributed by atoms with van der Waals surface area (Å²) in [4.78, 5) is 16.1. The zero-order valence-electron chi connectivity index (χ0n) is 23.4. The highest BCUT2D eigenvalue weighted by molar-refractivity contribution is 6.31. The van der Waals surface area contributed by atoms with Crippen molar-refractivity contribution in [1.29, 1.82) is 0 Å². The molecular weight excluding hydrogens is 511 g/mol. The van der Waals surface area contributed by atoms with Gasteiger partial charge in [0, 0.05) is 42.8 Å². The Morgan fingerprint density at radius 1 is 1.18 bits per heavy atom. The van der Waals surface area contributed by atoms with Gasteiger partial charge in [0.2, 0.25) is 0 Å². The Balaban J connectivity index is 1.21. The number of halogens is 2. The van der Waals surface area contributed by atoms with Gasteiger partial charge in [0.25, 0.3) is 0 Å². The summed E-state index contributed by atoms with van der Waals surface area (Å²) in [6, 6.07) is 11.6. The number of aromatic amines is 1. The number of benzene rings is 2. The number of imidazole rings is 1. The third-order valence-corrected chi connectivity index (χ3v) is 10.1. The zero-order chi connectivity index (χ0) is 27.3. The Hall–Kier alpha value is -2.64. The van der Waals surface area contributed by atoms with Crippen LogP contribution < -0.4 is 10.6 Å². The summed E-state index contributed by atoms with van der Waals surface area (Å²) in [7, 11) is 0. The van der Waals surface area contributed by atoms with Crippen molar-refractivity contribution in [2.75, 3.05) is 25.0 Å². The second kappa shape index (κ2) is 10.4. The lowest BCUT2D eigenvalue weighted by Gasteiger charge is -2.61. The lowest BCUT2D eigenvalue weighted by atomic mass is 9.45.